The highest BCUT2D eigenvalue weighted by atomic mass is 32.2. The first-order valence-electron chi connectivity index (χ1n) is 11.5. The maximum absolute atomic E-state index is 14.5. The van der Waals surface area contributed by atoms with Crippen LogP contribution in [0.15, 0.2) is 77.7 Å². The van der Waals surface area contributed by atoms with Crippen molar-refractivity contribution in [2.24, 2.45) is 0 Å². The lowest BCUT2D eigenvalue weighted by molar-refractivity contribution is -0.139. The number of halogens is 1. The molecule has 0 spiro atoms. The van der Waals surface area contributed by atoms with Crippen LogP contribution < -0.4 is 9.62 Å². The molecule has 9 heteroatoms. The molecule has 0 saturated heterocycles. The summed E-state index contributed by atoms with van der Waals surface area (Å²) in [6, 6.07) is 18.2. The smallest absolute Gasteiger partial charge is 0.264 e. The number of carbonyl (C=O) groups is 2. The van der Waals surface area contributed by atoms with Gasteiger partial charge in [0.25, 0.3) is 10.0 Å². The zero-order chi connectivity index (χ0) is 26.5. The molecule has 0 aliphatic heterocycles. The molecule has 0 fully saturated rings. The van der Waals surface area contributed by atoms with Crippen molar-refractivity contribution in [3.8, 4) is 0 Å². The van der Waals surface area contributed by atoms with Gasteiger partial charge < -0.3 is 10.2 Å². The van der Waals surface area contributed by atoms with Crippen LogP contribution in [0.2, 0.25) is 0 Å². The number of likely N-dealkylation sites (N-methyl/N-ethyl adjacent to an activating group) is 1. The maximum Gasteiger partial charge on any atom is 0.264 e. The Morgan fingerprint density at radius 2 is 1.61 bits per heavy atom. The van der Waals surface area contributed by atoms with E-state index in [9.17, 15) is 22.4 Å². The second-order valence-electron chi connectivity index (χ2n) is 8.52. The molecule has 0 saturated carbocycles. The van der Waals surface area contributed by atoms with E-state index in [1.54, 1.807) is 43.3 Å². The average Bonchev–Trinajstić information content (AvgIpc) is 2.87. The summed E-state index contributed by atoms with van der Waals surface area (Å²) in [7, 11) is -2.71. The van der Waals surface area contributed by atoms with E-state index in [1.807, 2.05) is 13.0 Å². The monoisotopic (exact) mass is 511 g/mol. The number of hydrogen-bond acceptors (Lipinski definition) is 4. The first-order valence-corrected chi connectivity index (χ1v) is 12.9. The minimum absolute atomic E-state index is 0.0266. The van der Waals surface area contributed by atoms with Crippen molar-refractivity contribution in [1.29, 1.82) is 0 Å². The first-order chi connectivity index (χ1) is 17.1. The van der Waals surface area contributed by atoms with E-state index < -0.39 is 40.2 Å². The average molecular weight is 512 g/mol. The molecule has 1 atom stereocenters. The first kappa shape index (κ1) is 26.9. The van der Waals surface area contributed by atoms with Crippen LogP contribution in [0.25, 0.3) is 0 Å². The Kier molecular flexibility index (Phi) is 8.47. The largest absolute Gasteiger partial charge is 0.357 e. The molecule has 190 valence electrons. The lowest BCUT2D eigenvalue weighted by Crippen LogP contribution is -2.51. The van der Waals surface area contributed by atoms with Crippen LogP contribution >= 0.6 is 0 Å². The molecular formula is C27H30FN3O4S. The normalized spacial score (nSPS) is 12.0. The molecule has 1 N–H and O–H groups in total. The van der Waals surface area contributed by atoms with Gasteiger partial charge in [-0.25, -0.2) is 12.8 Å². The SMILES string of the molecule is CNC(=O)C(C)N(Cc1ccccc1F)C(=O)CN(c1cc(C)ccc1C)S(=O)(=O)c1ccccc1. The number of benzene rings is 3. The molecule has 0 heterocycles. The number of aryl methyl sites for hydroxylation is 2. The fourth-order valence-corrected chi connectivity index (χ4v) is 5.31. The van der Waals surface area contributed by atoms with E-state index >= 15 is 0 Å². The lowest BCUT2D eigenvalue weighted by atomic mass is 10.1. The summed E-state index contributed by atoms with van der Waals surface area (Å²) in [5, 5.41) is 2.50. The molecule has 7 nitrogen and oxygen atoms in total. The van der Waals surface area contributed by atoms with E-state index in [0.717, 1.165) is 9.87 Å². The third kappa shape index (κ3) is 5.91. The molecule has 0 radical (unpaired) electrons. The third-order valence-corrected chi connectivity index (χ3v) is 7.73. The summed E-state index contributed by atoms with van der Waals surface area (Å²) >= 11 is 0. The maximum atomic E-state index is 14.5. The number of rotatable bonds is 9. The third-order valence-electron chi connectivity index (χ3n) is 5.96. The van der Waals surface area contributed by atoms with Crippen molar-refractivity contribution < 1.29 is 22.4 Å². The molecule has 3 rings (SSSR count). The molecule has 0 aliphatic rings. The zero-order valence-electron chi connectivity index (χ0n) is 20.7. The highest BCUT2D eigenvalue weighted by Crippen LogP contribution is 2.28. The van der Waals surface area contributed by atoms with Gasteiger partial charge in [-0.2, -0.15) is 0 Å². The molecular weight excluding hydrogens is 481 g/mol. The van der Waals surface area contributed by atoms with Crippen LogP contribution in [0.1, 0.15) is 23.6 Å². The van der Waals surface area contributed by atoms with Gasteiger partial charge in [-0.3, -0.25) is 13.9 Å². The van der Waals surface area contributed by atoms with Crippen LogP contribution in [-0.2, 0) is 26.2 Å². The van der Waals surface area contributed by atoms with E-state index in [0.29, 0.717) is 11.3 Å². The van der Waals surface area contributed by atoms with Crippen LogP contribution in [0.4, 0.5) is 10.1 Å². The predicted octanol–water partition coefficient (Wildman–Crippen LogP) is 3.80. The van der Waals surface area contributed by atoms with Gasteiger partial charge in [-0.1, -0.05) is 48.5 Å². The fourth-order valence-electron chi connectivity index (χ4n) is 3.82. The van der Waals surface area contributed by atoms with Crippen molar-refractivity contribution in [2.45, 2.75) is 38.3 Å². The molecule has 0 aliphatic carbocycles. The highest BCUT2D eigenvalue weighted by Gasteiger charge is 2.33. The molecule has 0 bridgehead atoms. The van der Waals surface area contributed by atoms with Crippen LogP contribution in [-0.4, -0.2) is 44.8 Å². The number of amides is 2. The Morgan fingerprint density at radius 1 is 0.972 bits per heavy atom. The molecule has 36 heavy (non-hydrogen) atoms. The quantitative estimate of drug-likeness (QED) is 0.474. The van der Waals surface area contributed by atoms with Crippen LogP contribution in [0.5, 0.6) is 0 Å². The van der Waals surface area contributed by atoms with Gasteiger partial charge in [0.1, 0.15) is 18.4 Å². The van der Waals surface area contributed by atoms with Crippen molar-refractivity contribution in [2.75, 3.05) is 17.9 Å². The van der Waals surface area contributed by atoms with Gasteiger partial charge in [0, 0.05) is 19.2 Å². The van der Waals surface area contributed by atoms with E-state index in [2.05, 4.69) is 5.32 Å². The number of sulfonamides is 1. The zero-order valence-corrected chi connectivity index (χ0v) is 21.5. The van der Waals surface area contributed by atoms with Gasteiger partial charge in [0.15, 0.2) is 0 Å². The summed E-state index contributed by atoms with van der Waals surface area (Å²) in [5.74, 6) is -1.62. The molecule has 1 unspecified atom stereocenters. The summed E-state index contributed by atoms with van der Waals surface area (Å²) in [6.07, 6.45) is 0. The molecule has 0 aromatic heterocycles. The number of nitrogens with one attached hydrogen (secondary N) is 1. The van der Waals surface area contributed by atoms with Crippen LogP contribution in [0, 0.1) is 19.7 Å². The Labute approximate surface area is 211 Å². The number of hydrogen-bond donors (Lipinski definition) is 1. The van der Waals surface area contributed by atoms with Crippen molar-refractivity contribution in [3.05, 3.63) is 95.3 Å². The Hall–Kier alpha value is -3.72. The van der Waals surface area contributed by atoms with E-state index in [4.69, 9.17) is 0 Å². The number of anilines is 1. The number of nitrogens with zero attached hydrogens (tertiary/aromatic N) is 2. The highest BCUT2D eigenvalue weighted by molar-refractivity contribution is 7.92. The molecule has 3 aromatic rings. The fraction of sp³-hybridized carbons (Fsp3) is 0.259. The van der Waals surface area contributed by atoms with Crippen molar-refractivity contribution in [1.82, 2.24) is 10.2 Å². The minimum atomic E-state index is -4.14. The number of carbonyl (C=O) groups excluding carboxylic acids is 2. The van der Waals surface area contributed by atoms with Gasteiger partial charge >= 0.3 is 0 Å². The molecule has 3 aromatic carbocycles. The van der Waals surface area contributed by atoms with Gasteiger partial charge in [-0.05, 0) is 56.2 Å². The molecule has 2 amide bonds. The van der Waals surface area contributed by atoms with Gasteiger partial charge in [0.05, 0.1) is 10.6 Å². The van der Waals surface area contributed by atoms with Crippen molar-refractivity contribution in [3.63, 3.8) is 0 Å². The second kappa shape index (κ2) is 11.3. The second-order valence-corrected chi connectivity index (χ2v) is 10.4. The topological polar surface area (TPSA) is 86.8 Å². The summed E-state index contributed by atoms with van der Waals surface area (Å²) in [6.45, 7) is 4.34. The summed E-state index contributed by atoms with van der Waals surface area (Å²) in [4.78, 5) is 27.4. The van der Waals surface area contributed by atoms with Crippen LogP contribution in [0.3, 0.4) is 0 Å². The summed E-state index contributed by atoms with van der Waals surface area (Å²) in [5.41, 5.74) is 2.04. The minimum Gasteiger partial charge on any atom is -0.357 e. The van der Waals surface area contributed by atoms with Gasteiger partial charge in [0.2, 0.25) is 11.8 Å². The lowest BCUT2D eigenvalue weighted by Gasteiger charge is -2.32. The Bertz CT molecular complexity index is 1350. The van der Waals surface area contributed by atoms with Crippen molar-refractivity contribution >= 4 is 27.5 Å². The summed E-state index contributed by atoms with van der Waals surface area (Å²) < 4.78 is 43.0. The predicted molar refractivity (Wildman–Crippen MR) is 137 cm³/mol. The van der Waals surface area contributed by atoms with E-state index in [1.165, 1.54) is 49.2 Å². The standard InChI is InChI=1S/C27H30FN3O4S/c1-19-14-15-20(2)25(16-19)31(36(34,35)23-11-6-5-7-12-23)18-26(32)30(21(3)27(33)29-4)17-22-10-8-9-13-24(22)28/h5-16,21H,17-18H2,1-4H3,(H,29,33). The Morgan fingerprint density at radius 3 is 2.25 bits per heavy atom. The van der Waals surface area contributed by atoms with Gasteiger partial charge in [-0.15, -0.1) is 0 Å². The Balaban J connectivity index is 2.08. The van der Waals surface area contributed by atoms with E-state index in [-0.39, 0.29) is 17.0 Å².